The van der Waals surface area contributed by atoms with Gasteiger partial charge in [-0.1, -0.05) is 41.9 Å². The SMILES string of the molecule is CCS(=O)(=O)C/C(=N\O)c1cccc(C)c1. The molecule has 0 aliphatic carbocycles. The lowest BCUT2D eigenvalue weighted by Crippen LogP contribution is -2.18. The molecule has 4 nitrogen and oxygen atoms in total. The molecule has 0 aliphatic heterocycles. The van der Waals surface area contributed by atoms with Gasteiger partial charge in [0.1, 0.15) is 5.71 Å². The lowest BCUT2D eigenvalue weighted by Gasteiger charge is -2.05. The van der Waals surface area contributed by atoms with E-state index in [0.29, 0.717) is 5.56 Å². The van der Waals surface area contributed by atoms with Crippen LogP contribution in [0.4, 0.5) is 0 Å². The van der Waals surface area contributed by atoms with E-state index < -0.39 is 9.84 Å². The van der Waals surface area contributed by atoms with E-state index >= 15 is 0 Å². The number of sulfone groups is 1. The van der Waals surface area contributed by atoms with Crippen molar-refractivity contribution in [1.82, 2.24) is 0 Å². The van der Waals surface area contributed by atoms with Crippen LogP contribution in [0.15, 0.2) is 29.4 Å². The number of nitrogens with zero attached hydrogens (tertiary/aromatic N) is 1. The Kier molecular flexibility index (Phi) is 4.06. The fourth-order valence-electron chi connectivity index (χ4n) is 1.30. The van der Waals surface area contributed by atoms with Crippen molar-refractivity contribution >= 4 is 15.5 Å². The molecule has 5 heteroatoms. The predicted molar refractivity (Wildman–Crippen MR) is 63.8 cm³/mol. The van der Waals surface area contributed by atoms with Gasteiger partial charge in [0.15, 0.2) is 9.84 Å². The Balaban J connectivity index is 3.02. The Morgan fingerprint density at radius 2 is 2.12 bits per heavy atom. The van der Waals surface area contributed by atoms with Crippen molar-refractivity contribution in [2.75, 3.05) is 11.5 Å². The Morgan fingerprint density at radius 3 is 2.62 bits per heavy atom. The van der Waals surface area contributed by atoms with E-state index in [0.717, 1.165) is 5.56 Å². The van der Waals surface area contributed by atoms with Crippen molar-refractivity contribution in [3.63, 3.8) is 0 Å². The first kappa shape index (κ1) is 12.7. The topological polar surface area (TPSA) is 66.7 Å². The molecule has 0 spiro atoms. The summed E-state index contributed by atoms with van der Waals surface area (Å²) in [6.45, 7) is 3.47. The summed E-state index contributed by atoms with van der Waals surface area (Å²) in [6.07, 6.45) is 0. The molecule has 0 amide bonds. The second kappa shape index (κ2) is 5.12. The minimum absolute atomic E-state index is 0.0395. The largest absolute Gasteiger partial charge is 0.411 e. The van der Waals surface area contributed by atoms with Crippen LogP contribution >= 0.6 is 0 Å². The highest BCUT2D eigenvalue weighted by Gasteiger charge is 2.14. The third kappa shape index (κ3) is 3.34. The summed E-state index contributed by atoms with van der Waals surface area (Å²) < 4.78 is 22.9. The fraction of sp³-hybridized carbons (Fsp3) is 0.364. The first-order chi connectivity index (χ1) is 7.48. The van der Waals surface area contributed by atoms with Crippen LogP contribution < -0.4 is 0 Å². The van der Waals surface area contributed by atoms with Crippen molar-refractivity contribution < 1.29 is 13.6 Å². The minimum Gasteiger partial charge on any atom is -0.411 e. The predicted octanol–water partition coefficient (Wildman–Crippen LogP) is 1.61. The van der Waals surface area contributed by atoms with E-state index in [4.69, 9.17) is 5.21 Å². The molecule has 0 saturated carbocycles. The summed E-state index contributed by atoms with van der Waals surface area (Å²) in [6, 6.07) is 7.22. The van der Waals surface area contributed by atoms with Crippen LogP contribution in [0.25, 0.3) is 0 Å². The first-order valence-electron chi connectivity index (χ1n) is 4.97. The summed E-state index contributed by atoms with van der Waals surface area (Å²) in [5, 5.41) is 11.9. The Labute approximate surface area is 95.5 Å². The number of aryl methyl sites for hydroxylation is 1. The summed E-state index contributed by atoms with van der Waals surface area (Å²) in [5.41, 5.74) is 1.82. The van der Waals surface area contributed by atoms with Gasteiger partial charge in [0, 0.05) is 11.3 Å². The number of benzene rings is 1. The fourth-order valence-corrected chi connectivity index (χ4v) is 2.15. The smallest absolute Gasteiger partial charge is 0.155 e. The Morgan fingerprint density at radius 1 is 1.44 bits per heavy atom. The van der Waals surface area contributed by atoms with Crippen LogP contribution in [0.2, 0.25) is 0 Å². The molecule has 0 saturated heterocycles. The van der Waals surface area contributed by atoms with Gasteiger partial charge in [-0.3, -0.25) is 0 Å². The van der Waals surface area contributed by atoms with Crippen LogP contribution in [-0.2, 0) is 9.84 Å². The maximum absolute atomic E-state index is 11.4. The molecule has 1 rings (SSSR count). The third-order valence-corrected chi connectivity index (χ3v) is 3.86. The van der Waals surface area contributed by atoms with Gasteiger partial charge < -0.3 is 5.21 Å². The van der Waals surface area contributed by atoms with Gasteiger partial charge in [-0.2, -0.15) is 0 Å². The third-order valence-electron chi connectivity index (χ3n) is 2.27. The van der Waals surface area contributed by atoms with Crippen LogP contribution in [0.1, 0.15) is 18.1 Å². The molecule has 0 bridgehead atoms. The molecule has 0 aromatic heterocycles. The lowest BCUT2D eigenvalue weighted by molar-refractivity contribution is 0.319. The highest BCUT2D eigenvalue weighted by Crippen LogP contribution is 2.07. The molecular formula is C11H15NO3S. The first-order valence-corrected chi connectivity index (χ1v) is 6.79. The van der Waals surface area contributed by atoms with E-state index in [1.807, 2.05) is 13.0 Å². The van der Waals surface area contributed by atoms with Crippen LogP contribution in [0.5, 0.6) is 0 Å². The highest BCUT2D eigenvalue weighted by atomic mass is 32.2. The minimum atomic E-state index is -3.18. The van der Waals surface area contributed by atoms with Gasteiger partial charge >= 0.3 is 0 Å². The summed E-state index contributed by atoms with van der Waals surface area (Å²) in [4.78, 5) is 0. The maximum Gasteiger partial charge on any atom is 0.155 e. The van der Waals surface area contributed by atoms with E-state index in [2.05, 4.69) is 5.16 Å². The summed E-state index contributed by atoms with van der Waals surface area (Å²) in [5.74, 6) is -0.193. The van der Waals surface area contributed by atoms with Crippen molar-refractivity contribution in [2.24, 2.45) is 5.16 Å². The van der Waals surface area contributed by atoms with Gasteiger partial charge in [0.2, 0.25) is 0 Å². The molecular weight excluding hydrogens is 226 g/mol. The molecule has 0 atom stereocenters. The quantitative estimate of drug-likeness (QED) is 0.494. The number of oxime groups is 1. The average Bonchev–Trinajstić information content (AvgIpc) is 2.26. The number of hydrogen-bond acceptors (Lipinski definition) is 4. The molecule has 16 heavy (non-hydrogen) atoms. The normalized spacial score (nSPS) is 12.8. The zero-order chi connectivity index (χ0) is 12.2. The van der Waals surface area contributed by atoms with Gasteiger partial charge in [0.25, 0.3) is 0 Å². The molecule has 0 heterocycles. The van der Waals surface area contributed by atoms with Crippen molar-refractivity contribution in [3.8, 4) is 0 Å². The van der Waals surface area contributed by atoms with Crippen molar-refractivity contribution in [1.29, 1.82) is 0 Å². The molecule has 0 unspecified atom stereocenters. The molecule has 1 aromatic rings. The average molecular weight is 241 g/mol. The Bertz CT molecular complexity index is 492. The summed E-state index contributed by atoms with van der Waals surface area (Å²) >= 11 is 0. The second-order valence-corrected chi connectivity index (χ2v) is 5.95. The standard InChI is InChI=1S/C11H15NO3S/c1-3-16(14,15)8-11(12-13)10-6-4-5-9(2)7-10/h4-7,13H,3,8H2,1-2H3/b12-11+. The molecule has 1 N–H and O–H groups in total. The zero-order valence-corrected chi connectivity index (χ0v) is 10.2. The maximum atomic E-state index is 11.4. The van der Waals surface area contributed by atoms with E-state index in [1.165, 1.54) is 0 Å². The summed E-state index contributed by atoms with van der Waals surface area (Å²) in [7, 11) is -3.18. The molecule has 88 valence electrons. The lowest BCUT2D eigenvalue weighted by atomic mass is 10.1. The molecule has 0 aliphatic rings. The molecule has 1 aromatic carbocycles. The van der Waals surface area contributed by atoms with Crippen molar-refractivity contribution in [3.05, 3.63) is 35.4 Å². The second-order valence-electron chi connectivity index (χ2n) is 3.59. The molecule has 0 fully saturated rings. The number of hydrogen-bond donors (Lipinski definition) is 1. The highest BCUT2D eigenvalue weighted by molar-refractivity contribution is 7.92. The van der Waals surface area contributed by atoms with Gasteiger partial charge in [-0.25, -0.2) is 8.42 Å². The van der Waals surface area contributed by atoms with Crippen LogP contribution in [-0.4, -0.2) is 30.8 Å². The monoisotopic (exact) mass is 241 g/mol. The van der Waals surface area contributed by atoms with Crippen LogP contribution in [0, 0.1) is 6.92 Å². The van der Waals surface area contributed by atoms with Crippen molar-refractivity contribution in [2.45, 2.75) is 13.8 Å². The number of rotatable bonds is 4. The molecule has 0 radical (unpaired) electrons. The van der Waals surface area contributed by atoms with E-state index in [1.54, 1.807) is 25.1 Å². The van der Waals surface area contributed by atoms with E-state index in [-0.39, 0.29) is 17.2 Å². The Hall–Kier alpha value is -1.36. The van der Waals surface area contributed by atoms with Crippen LogP contribution in [0.3, 0.4) is 0 Å². The van der Waals surface area contributed by atoms with E-state index in [9.17, 15) is 8.42 Å². The zero-order valence-electron chi connectivity index (χ0n) is 9.34. The van der Waals surface area contributed by atoms with Gasteiger partial charge in [0.05, 0.1) is 5.75 Å². The van der Waals surface area contributed by atoms with Gasteiger partial charge in [-0.05, 0) is 6.92 Å². The van der Waals surface area contributed by atoms with Gasteiger partial charge in [-0.15, -0.1) is 0 Å².